The fourth-order valence-corrected chi connectivity index (χ4v) is 15.4. The van der Waals surface area contributed by atoms with E-state index in [-0.39, 0.29) is 17.9 Å². The first-order valence-electron chi connectivity index (χ1n) is 24.1. The molecule has 14 heteroatoms. The van der Waals surface area contributed by atoms with Crippen LogP contribution in [-0.4, -0.2) is 146 Å². The minimum absolute atomic E-state index is 0.0874. The minimum Gasteiger partial charge on any atom is -0.497 e. The second kappa shape index (κ2) is 15.3. The fourth-order valence-electron chi connectivity index (χ4n) is 15.4. The number of piperidine rings is 1. The van der Waals surface area contributed by atoms with Crippen molar-refractivity contribution in [2.45, 2.75) is 99.9 Å². The van der Waals surface area contributed by atoms with Crippen molar-refractivity contribution in [2.75, 3.05) is 68.2 Å². The number of methoxy groups -OCH3 is 4. The van der Waals surface area contributed by atoms with Gasteiger partial charge in [-0.25, -0.2) is 4.79 Å². The Morgan fingerprint density at radius 2 is 1.75 bits per heavy atom. The lowest BCUT2D eigenvalue weighted by atomic mass is 9.48. The van der Waals surface area contributed by atoms with Crippen molar-refractivity contribution in [3.05, 3.63) is 89.3 Å². The van der Waals surface area contributed by atoms with Crippen LogP contribution in [0.3, 0.4) is 0 Å². The molecule has 11 rings (SSSR count). The Morgan fingerprint density at radius 1 is 0.955 bits per heavy atom. The van der Waals surface area contributed by atoms with Gasteiger partial charge in [-0.15, -0.1) is 0 Å². The molecule has 8 aliphatic rings. The third-order valence-corrected chi connectivity index (χ3v) is 17.9. The van der Waals surface area contributed by atoms with Gasteiger partial charge in [0.05, 0.1) is 38.4 Å². The Balaban J connectivity index is 1.17. The molecule has 2 bridgehead atoms. The Kier molecular flexibility index (Phi) is 10.1. The van der Waals surface area contributed by atoms with Crippen molar-refractivity contribution in [3.8, 4) is 16.9 Å². The van der Waals surface area contributed by atoms with Crippen molar-refractivity contribution >= 4 is 28.8 Å². The highest BCUT2D eigenvalue weighted by Gasteiger charge is 2.99. The van der Waals surface area contributed by atoms with Crippen LogP contribution in [0.2, 0.25) is 0 Å². The zero-order chi connectivity index (χ0) is 47.1. The van der Waals surface area contributed by atoms with Crippen LogP contribution in [0.15, 0.2) is 78.0 Å². The van der Waals surface area contributed by atoms with Crippen molar-refractivity contribution < 1.29 is 47.9 Å². The van der Waals surface area contributed by atoms with E-state index in [1.54, 1.807) is 14.2 Å². The number of hydrogen-bond donors (Lipinski definition) is 2. The van der Waals surface area contributed by atoms with E-state index in [4.69, 9.17) is 28.4 Å². The molecule has 2 spiro atoms. The number of esters is 3. The highest BCUT2D eigenvalue weighted by Crippen LogP contribution is 2.82. The molecule has 2 aliphatic carbocycles. The molecular weight excluding hydrogens is 853 g/mol. The van der Waals surface area contributed by atoms with E-state index in [2.05, 4.69) is 75.2 Å². The first kappa shape index (κ1) is 44.5. The van der Waals surface area contributed by atoms with Crippen LogP contribution in [0.4, 0.5) is 0 Å². The predicted octanol–water partition coefficient (Wildman–Crippen LogP) is 5.67. The summed E-state index contributed by atoms with van der Waals surface area (Å²) in [4.78, 5) is 54.5. The lowest BCUT2D eigenvalue weighted by Crippen LogP contribution is -2.73. The monoisotopic (exact) mass is 916 g/mol. The van der Waals surface area contributed by atoms with E-state index < -0.39 is 63.2 Å². The highest BCUT2D eigenvalue weighted by atomic mass is 16.7. The summed E-state index contributed by atoms with van der Waals surface area (Å²) < 4.78 is 37.6. The van der Waals surface area contributed by atoms with E-state index >= 15 is 4.79 Å². The molecule has 67 heavy (non-hydrogen) atoms. The topological polar surface area (TPSA) is 156 Å². The number of hydrogen-bond acceptors (Lipinski definition) is 13. The zero-order valence-electron chi connectivity index (χ0n) is 40.0. The summed E-state index contributed by atoms with van der Waals surface area (Å²) in [6.07, 6.45) is 10.4. The Hall–Kier alpha value is -4.99. The molecule has 3 aromatic rings. The molecule has 14 nitrogen and oxygen atoms in total. The molecule has 2 aromatic carbocycles. The largest absolute Gasteiger partial charge is 0.497 e. The number of allylic oxidation sites excluding steroid dienone is 1. The number of likely N-dealkylation sites (tertiary alicyclic amines) is 1. The zero-order valence-corrected chi connectivity index (χ0v) is 40.0. The number of epoxide rings is 1. The van der Waals surface area contributed by atoms with Crippen molar-refractivity contribution in [1.29, 1.82) is 0 Å². The van der Waals surface area contributed by atoms with Crippen molar-refractivity contribution in [3.63, 3.8) is 0 Å². The number of nitrogens with zero attached hydrogens (tertiary/aromatic N) is 3. The number of ether oxygens (including phenoxy) is 6. The lowest BCUT2D eigenvalue weighted by Gasteiger charge is -2.58. The second-order valence-electron chi connectivity index (χ2n) is 20.6. The highest BCUT2D eigenvalue weighted by molar-refractivity contribution is 5.94. The number of likely N-dealkylation sites (N-methyl/N-ethyl adjacent to an activating group) is 1. The molecule has 356 valence electrons. The van der Waals surface area contributed by atoms with Gasteiger partial charge in [0.2, 0.25) is 0 Å². The molecule has 6 aliphatic heterocycles. The van der Waals surface area contributed by atoms with Gasteiger partial charge in [-0.2, -0.15) is 0 Å². The van der Waals surface area contributed by atoms with E-state index in [1.807, 2.05) is 32.2 Å². The van der Waals surface area contributed by atoms with Gasteiger partial charge >= 0.3 is 17.9 Å². The number of aliphatic hydroxyl groups is 1. The molecule has 4 saturated heterocycles. The molecule has 2 N–H and O–H groups in total. The quantitative estimate of drug-likeness (QED) is 0.117. The first-order valence-corrected chi connectivity index (χ1v) is 24.1. The van der Waals surface area contributed by atoms with Gasteiger partial charge in [-0.05, 0) is 104 Å². The Labute approximate surface area is 392 Å². The van der Waals surface area contributed by atoms with Crippen molar-refractivity contribution in [1.82, 2.24) is 19.7 Å². The summed E-state index contributed by atoms with van der Waals surface area (Å²) in [7, 11) is 8.16. The standard InChI is InChI=1S/C53H64N4O10/c1-9-48(61)27-32-28-50(46(59)64-7,43-36(17-21-56(29-32)30-48)37-24-34(15-16-40(37)54-43)33-13-11-14-35(23-33)62-5)39-25-38-41(26-42(39)63-6)55(4)53-51(38)19-22-57-20-12-18-49(10-2,44(51)57)45(66-31(3)58)52(53,67-53)47(60)65-8/h11-16,18,23-26,32,39,42,44-45,54,61H,9-10,17,19-22,27-30H2,1-8H3/t32-,39?,42?,44+,45-,48+,49-,50+,51-,52+,53+/m1/s1. The predicted molar refractivity (Wildman–Crippen MR) is 249 cm³/mol. The third-order valence-electron chi connectivity index (χ3n) is 17.9. The van der Waals surface area contributed by atoms with Gasteiger partial charge in [-0.3, -0.25) is 19.4 Å². The number of aromatic amines is 1. The number of carbonyl (C=O) groups is 3. The van der Waals surface area contributed by atoms with Gasteiger partial charge < -0.3 is 43.4 Å². The molecule has 1 saturated carbocycles. The van der Waals surface area contributed by atoms with Crippen LogP contribution in [0, 0.1) is 22.7 Å². The van der Waals surface area contributed by atoms with Crippen LogP contribution < -0.4 is 4.74 Å². The SMILES string of the molecule is CC[C@]1(O)C[C@H]2CN(CCc3c([nH]c4ccc(-c5cccc(OC)c5)cc34)[C@@](C(=O)OC)(C3C=C4C(=CC3OC)N(C)[C@@]35O[C@]3(C(=O)OC)[C@H](OC(C)=O)[C@]3(CC)C=CCN6CC[C@]45[C@@H]63)C2)C1. The fraction of sp³-hybridized carbons (Fsp3) is 0.566. The second-order valence-corrected chi connectivity index (χ2v) is 20.6. The smallest absolute Gasteiger partial charge is 0.347 e. The summed E-state index contributed by atoms with van der Waals surface area (Å²) in [5.74, 6) is -1.42. The van der Waals surface area contributed by atoms with E-state index in [1.165, 1.54) is 21.1 Å². The van der Waals surface area contributed by atoms with Crippen molar-refractivity contribution in [2.24, 2.45) is 22.7 Å². The Morgan fingerprint density at radius 3 is 2.46 bits per heavy atom. The van der Waals surface area contributed by atoms with Gasteiger partial charge in [0.15, 0.2) is 11.8 Å². The summed E-state index contributed by atoms with van der Waals surface area (Å²) in [5.41, 5.74) is -0.304. The van der Waals surface area contributed by atoms with Crippen LogP contribution in [0.5, 0.6) is 5.75 Å². The van der Waals surface area contributed by atoms with Crippen LogP contribution in [-0.2, 0) is 49.9 Å². The lowest BCUT2D eigenvalue weighted by molar-refractivity contribution is -0.182. The molecule has 5 fully saturated rings. The Bertz CT molecular complexity index is 2680. The van der Waals surface area contributed by atoms with Crippen LogP contribution >= 0.6 is 0 Å². The minimum atomic E-state index is -1.66. The number of rotatable bonds is 9. The molecule has 0 amide bonds. The molecule has 12 atom stereocenters. The van der Waals surface area contributed by atoms with Crippen LogP contribution in [0.25, 0.3) is 22.0 Å². The van der Waals surface area contributed by atoms with E-state index in [9.17, 15) is 14.7 Å². The van der Waals surface area contributed by atoms with Gasteiger partial charge in [0.1, 0.15) is 11.2 Å². The number of benzene rings is 2. The average molecular weight is 917 g/mol. The van der Waals surface area contributed by atoms with Gasteiger partial charge in [-0.1, -0.05) is 50.3 Å². The van der Waals surface area contributed by atoms with E-state index in [0.29, 0.717) is 71.2 Å². The number of H-pyrrole nitrogens is 1. The molecule has 0 radical (unpaired) electrons. The first-order chi connectivity index (χ1) is 32.2. The number of aromatic nitrogens is 1. The maximum absolute atomic E-state index is 15.7. The summed E-state index contributed by atoms with van der Waals surface area (Å²) >= 11 is 0. The van der Waals surface area contributed by atoms with Gasteiger partial charge in [0, 0.05) is 86.9 Å². The number of nitrogens with one attached hydrogen (secondary N) is 1. The molecular formula is C53H64N4O10. The maximum Gasteiger partial charge on any atom is 0.347 e. The molecule has 7 heterocycles. The summed E-state index contributed by atoms with van der Waals surface area (Å²) in [6, 6.07) is 14.2. The summed E-state index contributed by atoms with van der Waals surface area (Å²) in [5, 5.41) is 13.2. The third kappa shape index (κ3) is 5.59. The number of carbonyl (C=O) groups excluding carboxylic acids is 3. The molecule has 1 aromatic heterocycles. The summed E-state index contributed by atoms with van der Waals surface area (Å²) in [6.45, 7) is 8.87. The van der Waals surface area contributed by atoms with Gasteiger partial charge in [0.25, 0.3) is 5.60 Å². The van der Waals surface area contributed by atoms with E-state index in [0.717, 1.165) is 50.3 Å². The maximum atomic E-state index is 15.7. The normalized spacial score (nSPS) is 39.0. The average Bonchev–Trinajstić information content (AvgIpc) is 3.58. The molecule has 3 unspecified atom stereocenters. The number of fused-ring (bicyclic) bond motifs is 6. The van der Waals surface area contributed by atoms with Crippen LogP contribution in [0.1, 0.15) is 64.1 Å².